The third-order valence-corrected chi connectivity index (χ3v) is 2.87. The highest BCUT2D eigenvalue weighted by molar-refractivity contribution is 5.64. The van der Waals surface area contributed by atoms with Crippen LogP contribution < -0.4 is 0 Å². The molecule has 0 radical (unpaired) electrons. The van der Waals surface area contributed by atoms with Crippen molar-refractivity contribution in [3.63, 3.8) is 0 Å². The van der Waals surface area contributed by atoms with Gasteiger partial charge in [0.05, 0.1) is 12.8 Å². The van der Waals surface area contributed by atoms with Gasteiger partial charge in [0.25, 0.3) is 0 Å². The second-order valence-electron chi connectivity index (χ2n) is 5.37. The third kappa shape index (κ3) is 3.00. The molecule has 0 spiro atoms. The summed E-state index contributed by atoms with van der Waals surface area (Å²) < 4.78 is 23.0. The molecule has 0 aliphatic carbocycles. The minimum absolute atomic E-state index is 0.171. The van der Waals surface area contributed by atoms with Crippen LogP contribution in [0.1, 0.15) is 27.7 Å². The van der Waals surface area contributed by atoms with Gasteiger partial charge in [-0.1, -0.05) is 5.16 Å². The van der Waals surface area contributed by atoms with Crippen molar-refractivity contribution in [2.75, 3.05) is 13.7 Å². The molecular weight excluding hydrogens is 238 g/mol. The maximum atomic E-state index is 5.86. The molecule has 2 rings (SSSR count). The average molecular weight is 259 g/mol. The lowest BCUT2D eigenvalue weighted by Crippen LogP contribution is -2.39. The van der Waals surface area contributed by atoms with Crippen molar-refractivity contribution in [2.45, 2.75) is 57.6 Å². The normalized spacial score (nSPS) is 38.4. The topological polar surface area (TPSA) is 58.5 Å². The van der Waals surface area contributed by atoms with E-state index < -0.39 is 11.6 Å². The zero-order valence-corrected chi connectivity index (χ0v) is 11.5. The smallest absolute Gasteiger partial charge is 0.164 e. The molecule has 0 bridgehead atoms. The van der Waals surface area contributed by atoms with Crippen LogP contribution in [0.2, 0.25) is 0 Å². The molecule has 2 heterocycles. The van der Waals surface area contributed by atoms with E-state index in [-0.39, 0.29) is 18.3 Å². The maximum Gasteiger partial charge on any atom is 0.164 e. The number of hydrogen-bond acceptors (Lipinski definition) is 6. The lowest BCUT2D eigenvalue weighted by atomic mass is 10.1. The second kappa shape index (κ2) is 4.77. The Morgan fingerprint density at radius 3 is 2.39 bits per heavy atom. The summed E-state index contributed by atoms with van der Waals surface area (Å²) in [4.78, 5) is 4.69. The molecule has 0 aromatic carbocycles. The summed E-state index contributed by atoms with van der Waals surface area (Å²) in [6, 6.07) is 0. The van der Waals surface area contributed by atoms with E-state index in [0.29, 0.717) is 6.61 Å². The Labute approximate surface area is 107 Å². The van der Waals surface area contributed by atoms with Gasteiger partial charge in [-0.25, -0.2) is 0 Å². The van der Waals surface area contributed by atoms with E-state index in [0.717, 1.165) is 0 Å². The summed E-state index contributed by atoms with van der Waals surface area (Å²) >= 11 is 0. The first kappa shape index (κ1) is 13.7. The fraction of sp³-hybridized carbons (Fsp3) is 0.917. The molecule has 6 heteroatoms. The van der Waals surface area contributed by atoms with Gasteiger partial charge in [0.2, 0.25) is 0 Å². The van der Waals surface area contributed by atoms with Crippen LogP contribution in [-0.4, -0.2) is 49.8 Å². The lowest BCUT2D eigenvalue weighted by Gasteiger charge is -2.22. The first-order valence-corrected chi connectivity index (χ1v) is 6.07. The van der Waals surface area contributed by atoms with Gasteiger partial charge in [-0.2, -0.15) is 0 Å². The van der Waals surface area contributed by atoms with Crippen LogP contribution in [0.3, 0.4) is 0 Å². The molecule has 2 fully saturated rings. The third-order valence-electron chi connectivity index (χ3n) is 2.87. The zero-order valence-electron chi connectivity index (χ0n) is 11.5. The van der Waals surface area contributed by atoms with Crippen LogP contribution in [-0.2, 0) is 23.8 Å². The number of oxime groups is 1. The predicted octanol–water partition coefficient (Wildman–Crippen LogP) is 1.29. The predicted molar refractivity (Wildman–Crippen MR) is 64.2 cm³/mol. The Balaban J connectivity index is 2.07. The van der Waals surface area contributed by atoms with E-state index in [4.69, 9.17) is 18.9 Å². The van der Waals surface area contributed by atoms with Crippen molar-refractivity contribution in [3.8, 4) is 0 Å². The van der Waals surface area contributed by atoms with E-state index >= 15 is 0 Å². The Morgan fingerprint density at radius 2 is 1.83 bits per heavy atom. The summed E-state index contributed by atoms with van der Waals surface area (Å²) in [5.74, 6) is -1.24. The van der Waals surface area contributed by atoms with E-state index in [1.54, 1.807) is 6.21 Å². The van der Waals surface area contributed by atoms with Crippen LogP contribution in [0, 0.1) is 0 Å². The molecule has 0 N–H and O–H groups in total. The maximum absolute atomic E-state index is 5.86. The molecule has 3 atom stereocenters. The first-order valence-electron chi connectivity index (χ1n) is 6.07. The molecule has 0 aromatic rings. The molecule has 2 aliphatic heterocycles. The summed E-state index contributed by atoms with van der Waals surface area (Å²) in [7, 11) is 1.49. The molecule has 2 saturated heterocycles. The Hall–Kier alpha value is -0.690. The fourth-order valence-corrected chi connectivity index (χ4v) is 2.22. The van der Waals surface area contributed by atoms with E-state index in [2.05, 4.69) is 9.99 Å². The average Bonchev–Trinajstić information content (AvgIpc) is 2.75. The molecule has 0 amide bonds. The summed E-state index contributed by atoms with van der Waals surface area (Å²) in [6.07, 6.45) is 0.867. The molecule has 18 heavy (non-hydrogen) atoms. The standard InChI is InChI=1S/C12H21NO5/c1-11(2)15-7-9(17-11)10-8(6-13-14-5)16-12(3,4)18-10/h6,8-10H,7H2,1-5H3/b13-6+/t8-,9-,10+/m1/s1. The number of rotatable bonds is 3. The summed E-state index contributed by atoms with van der Waals surface area (Å²) in [5, 5.41) is 3.75. The highest BCUT2D eigenvalue weighted by Crippen LogP contribution is 2.34. The molecule has 0 unspecified atom stereocenters. The Bertz CT molecular complexity index is 328. The van der Waals surface area contributed by atoms with Gasteiger partial charge < -0.3 is 23.8 Å². The van der Waals surface area contributed by atoms with Gasteiger partial charge in [-0.3, -0.25) is 0 Å². The number of nitrogens with zero attached hydrogens (tertiary/aromatic N) is 1. The summed E-state index contributed by atoms with van der Waals surface area (Å²) in [6.45, 7) is 7.97. The van der Waals surface area contributed by atoms with Crippen molar-refractivity contribution in [1.29, 1.82) is 0 Å². The first-order chi connectivity index (χ1) is 8.33. The second-order valence-corrected chi connectivity index (χ2v) is 5.37. The molecular formula is C12H21NO5. The molecule has 2 aliphatic rings. The van der Waals surface area contributed by atoms with Gasteiger partial charge in [0, 0.05) is 0 Å². The van der Waals surface area contributed by atoms with Crippen LogP contribution in [0.15, 0.2) is 5.16 Å². The molecule has 0 aromatic heterocycles. The van der Waals surface area contributed by atoms with E-state index in [1.807, 2.05) is 27.7 Å². The minimum Gasteiger partial charge on any atom is -0.399 e. The molecule has 0 saturated carbocycles. The van der Waals surface area contributed by atoms with Gasteiger partial charge >= 0.3 is 0 Å². The highest BCUT2D eigenvalue weighted by Gasteiger charge is 2.49. The number of hydrogen-bond donors (Lipinski definition) is 0. The monoisotopic (exact) mass is 259 g/mol. The van der Waals surface area contributed by atoms with Crippen molar-refractivity contribution < 1.29 is 23.8 Å². The fourth-order valence-electron chi connectivity index (χ4n) is 2.22. The van der Waals surface area contributed by atoms with Crippen molar-refractivity contribution in [1.82, 2.24) is 0 Å². The molecule has 6 nitrogen and oxygen atoms in total. The van der Waals surface area contributed by atoms with Gasteiger partial charge in [-0.15, -0.1) is 0 Å². The molecule has 104 valence electrons. The van der Waals surface area contributed by atoms with Crippen LogP contribution >= 0.6 is 0 Å². The van der Waals surface area contributed by atoms with Gasteiger partial charge in [-0.05, 0) is 27.7 Å². The zero-order chi connectivity index (χ0) is 13.4. The summed E-state index contributed by atoms with van der Waals surface area (Å²) in [5.41, 5.74) is 0. The SMILES string of the molecule is CO/N=C/[C@H]1OC(C)(C)O[C@@H]1[C@H]1COC(C)(C)O1. The van der Waals surface area contributed by atoms with Crippen LogP contribution in [0.4, 0.5) is 0 Å². The lowest BCUT2D eigenvalue weighted by molar-refractivity contribution is -0.174. The van der Waals surface area contributed by atoms with Gasteiger partial charge in [0.15, 0.2) is 11.6 Å². The van der Waals surface area contributed by atoms with Crippen LogP contribution in [0.5, 0.6) is 0 Å². The van der Waals surface area contributed by atoms with Crippen molar-refractivity contribution in [3.05, 3.63) is 0 Å². The quantitative estimate of drug-likeness (QED) is 0.564. The van der Waals surface area contributed by atoms with E-state index in [9.17, 15) is 0 Å². The van der Waals surface area contributed by atoms with Crippen LogP contribution in [0.25, 0.3) is 0 Å². The van der Waals surface area contributed by atoms with Crippen molar-refractivity contribution >= 4 is 6.21 Å². The van der Waals surface area contributed by atoms with Crippen molar-refractivity contribution in [2.24, 2.45) is 5.16 Å². The Morgan fingerprint density at radius 1 is 1.11 bits per heavy atom. The Kier molecular flexibility index (Phi) is 3.64. The van der Waals surface area contributed by atoms with E-state index in [1.165, 1.54) is 7.11 Å². The number of ether oxygens (including phenoxy) is 4. The highest BCUT2D eigenvalue weighted by atomic mass is 16.8. The largest absolute Gasteiger partial charge is 0.399 e. The van der Waals surface area contributed by atoms with Gasteiger partial charge in [0.1, 0.15) is 25.4 Å². The minimum atomic E-state index is -0.662.